The van der Waals surface area contributed by atoms with E-state index in [1.54, 1.807) is 24.3 Å². The number of hydrogen-bond acceptors (Lipinski definition) is 16. The van der Waals surface area contributed by atoms with Crippen molar-refractivity contribution >= 4 is 95.4 Å². The Bertz CT molecular complexity index is 3390. The molecule has 12 N–H and O–H groups in total. The van der Waals surface area contributed by atoms with E-state index in [1.165, 1.54) is 54.6 Å². The number of nitrogens with zero attached hydrogens (tertiary/aromatic N) is 1. The van der Waals surface area contributed by atoms with Gasteiger partial charge >= 0.3 is 5.97 Å². The van der Waals surface area contributed by atoms with Gasteiger partial charge in [-0.05, 0) is 130 Å². The van der Waals surface area contributed by atoms with Crippen molar-refractivity contribution in [3.8, 4) is 40.5 Å². The number of terminal acetylenes is 1. The van der Waals surface area contributed by atoms with Gasteiger partial charge in [-0.25, -0.2) is 4.79 Å². The normalized spacial score (nSPS) is 13.0. The lowest BCUT2D eigenvalue weighted by molar-refractivity contribution is -0.146. The van der Waals surface area contributed by atoms with Crippen molar-refractivity contribution in [2.45, 2.75) is 43.9 Å². The van der Waals surface area contributed by atoms with Crippen LogP contribution in [0.4, 0.5) is 17.1 Å². The van der Waals surface area contributed by atoms with Crippen molar-refractivity contribution in [2.24, 2.45) is 0 Å². The Kier molecular flexibility index (Phi) is 22.4. The molecule has 0 saturated carbocycles. The third kappa shape index (κ3) is 17.9. The lowest BCUT2D eigenvalue weighted by atomic mass is 9.89. The van der Waals surface area contributed by atoms with E-state index >= 15 is 0 Å². The van der Waals surface area contributed by atoms with Gasteiger partial charge in [0.1, 0.15) is 23.1 Å². The van der Waals surface area contributed by atoms with E-state index in [2.05, 4.69) is 43.1 Å². The molecule has 0 aromatic heterocycles. The van der Waals surface area contributed by atoms with Crippen molar-refractivity contribution in [3.05, 3.63) is 130 Å². The number of carbonyl (C=O) groups is 7. The second-order valence-corrected chi connectivity index (χ2v) is 26.8. The van der Waals surface area contributed by atoms with E-state index in [0.717, 1.165) is 28.4 Å². The smallest absolute Gasteiger partial charge is 0.336 e. The number of nitrogens with one attached hydrogen (secondary N) is 7. The molecule has 4 aromatic rings. The van der Waals surface area contributed by atoms with Crippen molar-refractivity contribution in [1.82, 2.24) is 31.9 Å². The van der Waals surface area contributed by atoms with Gasteiger partial charge in [-0.15, -0.1) is 6.42 Å². The maximum Gasteiger partial charge on any atom is 0.336 e. The lowest BCUT2D eigenvalue weighted by Crippen LogP contribution is -2.51. The third-order valence-electron chi connectivity index (χ3n) is 12.2. The Morgan fingerprint density at radius 1 is 0.753 bits per heavy atom. The highest BCUT2D eigenvalue weighted by Crippen LogP contribution is 2.69. The van der Waals surface area contributed by atoms with Crippen LogP contribution < -0.4 is 47.5 Å². The number of phenolic OH excluding ortho intramolecular Hbond substituents is 1. The summed E-state index contributed by atoms with van der Waals surface area (Å²) in [5, 5.41) is 59.6. The number of hydrogen-bond donors (Lipinski definition) is 12. The Balaban J connectivity index is 0.892. The zero-order valence-electron chi connectivity index (χ0n) is 43.8. The van der Waals surface area contributed by atoms with Gasteiger partial charge in [0.05, 0.1) is 18.8 Å². The number of carboxylic acid groups (broad SMARTS) is 1. The largest absolute Gasteiger partial charge is 0.508 e. The van der Waals surface area contributed by atoms with Crippen molar-refractivity contribution in [2.75, 3.05) is 62.5 Å². The first-order valence-electron chi connectivity index (χ1n) is 25.1. The number of carboxylic acids is 1. The molecule has 4 aromatic carbocycles. The highest BCUT2D eigenvalue weighted by atomic mass is 32.9. The molecule has 23 nitrogen and oxygen atoms in total. The van der Waals surface area contributed by atoms with Crippen LogP contribution in [0.15, 0.2) is 112 Å². The van der Waals surface area contributed by atoms with Crippen LogP contribution in [0.3, 0.4) is 0 Å². The number of fused-ring (bicyclic) bond motifs is 2. The zero-order chi connectivity index (χ0) is 58.8. The Morgan fingerprint density at radius 2 is 1.42 bits per heavy atom. The standard InChI is InChI=1S/C55H60N8O15P2S/c1-4-23-56-52(71)43(62-46(66)22-27-81-80(76,77)79-26-25-58-50(69)32-8-11-34(12-9-32)61-35-13-15-36(16-14-35)63(2)3)7-5-6-24-57-53(72)48(67)49(68)54(73)60-31-59-51(70)33-10-19-39(55(74)75)42(28-33)47-40-20-17-37(64)29-44(40)78-45-30-38(65)18-21-41(45)47/h1,8-21,28-30,43,48-49,61,64,67-68,79H,5-7,22-27,31H2,2-3H3,(H,56,71)(H,57,72)(H,58,69)(H,59,70)(H,60,73)(H,62,66)(H,74,75)(H,76,77). The molecule has 1 heterocycles. The molecule has 0 bridgehead atoms. The summed E-state index contributed by atoms with van der Waals surface area (Å²) in [6.07, 6.45) is -2.45. The van der Waals surface area contributed by atoms with Crippen LogP contribution in [0.2, 0.25) is 0 Å². The minimum Gasteiger partial charge on any atom is -0.508 e. The average Bonchev–Trinajstić information content (AvgIpc) is 3.60. The molecule has 0 saturated heterocycles. The number of aliphatic hydroxyl groups excluding tert-OH is 2. The predicted molar refractivity (Wildman–Crippen MR) is 309 cm³/mol. The number of unbranched alkanes of at least 4 members (excludes halogenated alkanes) is 1. The molecular weight excluding hydrogens is 1110 g/mol. The summed E-state index contributed by atoms with van der Waals surface area (Å²) in [6, 6.07) is 25.4. The number of aromatic carboxylic acids is 1. The van der Waals surface area contributed by atoms with Crippen LogP contribution in [0, 0.1) is 12.3 Å². The Morgan fingerprint density at radius 3 is 2.10 bits per heavy atom. The number of anilines is 3. The first-order chi connectivity index (χ1) is 38.6. The van der Waals surface area contributed by atoms with Crippen molar-refractivity contribution in [3.63, 3.8) is 0 Å². The third-order valence-corrected chi connectivity index (χ3v) is 19.6. The maximum absolute atomic E-state index is 13.3. The molecule has 0 radical (unpaired) electrons. The van der Waals surface area contributed by atoms with Gasteiger partial charge in [-0.1, -0.05) is 17.3 Å². The van der Waals surface area contributed by atoms with Gasteiger partial charge in [-0.2, -0.15) is 0 Å². The summed E-state index contributed by atoms with van der Waals surface area (Å²) >= 11 is 0.719. The van der Waals surface area contributed by atoms with Crippen LogP contribution in [-0.4, -0.2) is 137 Å². The summed E-state index contributed by atoms with van der Waals surface area (Å²) in [4.78, 5) is 114. The van der Waals surface area contributed by atoms with E-state index < -0.39 is 80.4 Å². The highest BCUT2D eigenvalue weighted by molar-refractivity contribution is 8.74. The molecule has 426 valence electrons. The summed E-state index contributed by atoms with van der Waals surface area (Å²) in [7, 11) is 3.49. The minimum atomic E-state index is -3.73. The molecule has 5 unspecified atom stereocenters. The molecule has 2 aliphatic rings. The Hall–Kier alpha value is -8.29. The molecule has 0 fully saturated rings. The molecule has 1 aliphatic carbocycles. The minimum absolute atomic E-state index is 0.0417. The van der Waals surface area contributed by atoms with E-state index in [0.29, 0.717) is 16.5 Å². The van der Waals surface area contributed by atoms with E-state index in [-0.39, 0.29) is 102 Å². The first-order valence-corrected chi connectivity index (χ1v) is 30.4. The predicted octanol–water partition coefficient (Wildman–Crippen LogP) is 4.16. The molecular formula is C55H60N8O15P2S. The summed E-state index contributed by atoms with van der Waals surface area (Å²) in [5.41, 5.74) is 3.26. The topological polar surface area (TPSA) is 355 Å². The number of aromatic hydroxyl groups is 1. The van der Waals surface area contributed by atoms with Crippen LogP contribution in [0.5, 0.6) is 5.75 Å². The van der Waals surface area contributed by atoms with E-state index in [1.807, 2.05) is 43.3 Å². The van der Waals surface area contributed by atoms with Crippen LogP contribution in [-0.2, 0) is 23.7 Å². The van der Waals surface area contributed by atoms with Crippen LogP contribution >= 0.6 is 25.9 Å². The lowest BCUT2D eigenvalue weighted by Gasteiger charge is -2.19. The fourth-order valence-electron chi connectivity index (χ4n) is 8.02. The fourth-order valence-corrected chi connectivity index (χ4v) is 14.1. The van der Waals surface area contributed by atoms with Gasteiger partial charge in [0, 0.05) is 96.2 Å². The highest BCUT2D eigenvalue weighted by Gasteiger charge is 2.31. The molecule has 26 heteroatoms. The number of phenols is 1. The zero-order valence-corrected chi connectivity index (χ0v) is 46.5. The molecule has 0 spiro atoms. The van der Waals surface area contributed by atoms with E-state index in [9.17, 15) is 68.2 Å². The molecule has 1 aliphatic heterocycles. The number of aliphatic hydroxyl groups is 2. The summed E-state index contributed by atoms with van der Waals surface area (Å²) in [5.74, 6) is -3.88. The maximum atomic E-state index is 13.3. The van der Waals surface area contributed by atoms with Gasteiger partial charge in [0.25, 0.3) is 29.9 Å². The monoisotopic (exact) mass is 1170 g/mol. The van der Waals surface area contributed by atoms with Crippen LogP contribution in [0.1, 0.15) is 56.8 Å². The van der Waals surface area contributed by atoms with Crippen LogP contribution in [0.25, 0.3) is 33.4 Å². The number of amides is 6. The van der Waals surface area contributed by atoms with Gasteiger partial charge in [0.15, 0.2) is 17.6 Å². The molecule has 5 atom stereocenters. The van der Waals surface area contributed by atoms with Gasteiger partial charge in [-0.3, -0.25) is 38.1 Å². The summed E-state index contributed by atoms with van der Waals surface area (Å²) in [6.45, 7) is -0.681. The number of benzene rings is 5. The quantitative estimate of drug-likeness (QED) is 0.0108. The van der Waals surface area contributed by atoms with Gasteiger partial charge in [0.2, 0.25) is 11.8 Å². The SMILES string of the molecule is C#CCNC(=O)C(CCCCNC(=O)C(O)C(O)C(=O)NCNC(=O)c1ccc(C(=O)O)c(-c2c3ccc(=O)cc-3oc3cc(O)ccc23)c1)NC(=O)CCSP(=O)(O)PCCNC(=O)c1ccc(Nc2ccc(N(C)C)cc2)cc1. The number of rotatable bonds is 28. The molecule has 81 heavy (non-hydrogen) atoms. The first kappa shape index (κ1) is 61.9. The van der Waals surface area contributed by atoms with Crippen molar-refractivity contribution < 1.29 is 67.9 Å². The number of carbonyl (C=O) groups excluding carboxylic acids is 6. The average molecular weight is 1170 g/mol. The second-order valence-electron chi connectivity index (χ2n) is 18.2. The van der Waals surface area contributed by atoms with Gasteiger partial charge < -0.3 is 71.9 Å². The van der Waals surface area contributed by atoms with Crippen molar-refractivity contribution in [1.29, 1.82) is 0 Å². The molecule has 6 amide bonds. The summed E-state index contributed by atoms with van der Waals surface area (Å²) < 4.78 is 18.7. The van der Waals surface area contributed by atoms with E-state index in [4.69, 9.17) is 10.8 Å². The fraction of sp³-hybridized carbons (Fsp3) is 0.273. The second kappa shape index (κ2) is 29.3. The Labute approximate surface area is 470 Å². The molecule has 6 rings (SSSR count).